The molecule has 3 aromatic rings. The van der Waals surface area contributed by atoms with E-state index in [1.54, 1.807) is 43.0 Å². The Morgan fingerprint density at radius 1 is 0.884 bits per heavy atom. The number of aromatic nitrogens is 1. The summed E-state index contributed by atoms with van der Waals surface area (Å²) in [4.78, 5) is 59.9. The number of piperazine rings is 1. The second-order valence-electron chi connectivity index (χ2n) is 9.69. The first kappa shape index (κ1) is 31.1. The molecule has 0 aliphatic carbocycles. The van der Waals surface area contributed by atoms with Gasteiger partial charge in [-0.15, -0.1) is 0 Å². The summed E-state index contributed by atoms with van der Waals surface area (Å²) in [7, 11) is 2.94. The number of esters is 1. The van der Waals surface area contributed by atoms with Gasteiger partial charge in [0.15, 0.2) is 0 Å². The van der Waals surface area contributed by atoms with E-state index in [0.717, 1.165) is 5.39 Å². The third kappa shape index (κ3) is 7.14. The maximum atomic E-state index is 13.9. The van der Waals surface area contributed by atoms with Crippen LogP contribution < -0.4 is 14.8 Å². The smallest absolute Gasteiger partial charge is 0.409 e. The summed E-state index contributed by atoms with van der Waals surface area (Å²) in [6.45, 7) is 4.96. The quantitative estimate of drug-likeness (QED) is 0.352. The zero-order valence-electron chi connectivity index (χ0n) is 24.8. The molecule has 1 saturated heterocycles. The van der Waals surface area contributed by atoms with E-state index in [9.17, 15) is 19.2 Å². The van der Waals surface area contributed by atoms with Crippen molar-refractivity contribution in [2.45, 2.75) is 26.3 Å². The molecule has 1 aliphatic heterocycles. The van der Waals surface area contributed by atoms with Gasteiger partial charge in [0, 0.05) is 44.1 Å². The summed E-state index contributed by atoms with van der Waals surface area (Å²) < 4.78 is 21.3. The molecule has 0 bridgehead atoms. The minimum atomic E-state index is -1.05. The Kier molecular flexibility index (Phi) is 10.4. The molecule has 1 atom stereocenters. The van der Waals surface area contributed by atoms with Crippen molar-refractivity contribution >= 4 is 34.8 Å². The highest BCUT2D eigenvalue weighted by molar-refractivity contribution is 5.99. The van der Waals surface area contributed by atoms with Crippen LogP contribution in [0.2, 0.25) is 0 Å². The number of ether oxygens (including phenoxy) is 4. The van der Waals surface area contributed by atoms with Crippen molar-refractivity contribution in [3.63, 3.8) is 0 Å². The molecule has 1 fully saturated rings. The lowest BCUT2D eigenvalue weighted by atomic mass is 10.00. The molecule has 0 spiro atoms. The monoisotopic (exact) mass is 592 g/mol. The van der Waals surface area contributed by atoms with Gasteiger partial charge in [-0.05, 0) is 37.6 Å². The number of rotatable bonds is 10. The molecule has 12 heteroatoms. The molecule has 43 heavy (non-hydrogen) atoms. The number of nitrogens with zero attached hydrogens (tertiary/aromatic N) is 3. The summed E-state index contributed by atoms with van der Waals surface area (Å²) >= 11 is 0. The predicted molar refractivity (Wildman–Crippen MR) is 157 cm³/mol. The minimum absolute atomic E-state index is 0.0177. The molecule has 1 N–H and O–H groups in total. The number of hydrogen-bond acceptors (Lipinski definition) is 9. The Hall–Kier alpha value is -4.87. The van der Waals surface area contributed by atoms with E-state index in [4.69, 9.17) is 18.9 Å². The number of pyridine rings is 1. The lowest BCUT2D eigenvalue weighted by Crippen LogP contribution is -2.56. The second kappa shape index (κ2) is 14.3. The largest absolute Gasteiger partial charge is 0.496 e. The van der Waals surface area contributed by atoms with Gasteiger partial charge < -0.3 is 34.1 Å². The zero-order chi connectivity index (χ0) is 30.9. The van der Waals surface area contributed by atoms with Crippen LogP contribution in [0.1, 0.15) is 40.3 Å². The number of para-hydroxylation sites is 2. The van der Waals surface area contributed by atoms with E-state index in [2.05, 4.69) is 10.3 Å². The minimum Gasteiger partial charge on any atom is -0.496 e. The highest BCUT2D eigenvalue weighted by Gasteiger charge is 2.32. The van der Waals surface area contributed by atoms with Crippen LogP contribution in [0.5, 0.6) is 11.5 Å². The number of benzene rings is 2. The molecule has 4 rings (SSSR count). The van der Waals surface area contributed by atoms with Crippen LogP contribution in [0.4, 0.5) is 4.79 Å². The van der Waals surface area contributed by atoms with Gasteiger partial charge >= 0.3 is 12.1 Å². The van der Waals surface area contributed by atoms with Crippen LogP contribution in [0, 0.1) is 0 Å². The van der Waals surface area contributed by atoms with Gasteiger partial charge in [-0.2, -0.15) is 0 Å². The first-order chi connectivity index (χ1) is 20.8. The number of nitrogens with one attached hydrogen (secondary N) is 1. The van der Waals surface area contributed by atoms with Gasteiger partial charge in [0.25, 0.3) is 5.91 Å². The third-order valence-corrected chi connectivity index (χ3v) is 7.07. The third-order valence-electron chi connectivity index (χ3n) is 7.07. The fourth-order valence-corrected chi connectivity index (χ4v) is 4.98. The Morgan fingerprint density at radius 3 is 2.26 bits per heavy atom. The Balaban J connectivity index is 1.64. The fraction of sp³-hybridized carbons (Fsp3) is 0.387. The summed E-state index contributed by atoms with van der Waals surface area (Å²) in [6.07, 6.45) is -0.416. The van der Waals surface area contributed by atoms with E-state index < -0.39 is 24.0 Å². The fourth-order valence-electron chi connectivity index (χ4n) is 4.98. The Bertz CT molecular complexity index is 1490. The average molecular weight is 593 g/mol. The topological polar surface area (TPSA) is 137 Å². The Labute approximate surface area is 249 Å². The Morgan fingerprint density at radius 2 is 1.58 bits per heavy atom. The van der Waals surface area contributed by atoms with E-state index in [1.165, 1.54) is 25.2 Å². The average Bonchev–Trinajstić information content (AvgIpc) is 3.03. The zero-order valence-corrected chi connectivity index (χ0v) is 24.8. The first-order valence-electron chi connectivity index (χ1n) is 14.1. The molecule has 12 nitrogen and oxygen atoms in total. The van der Waals surface area contributed by atoms with E-state index >= 15 is 0 Å². The standard InChI is InChI=1S/C31H36N4O8/c1-5-42-30(38)22-12-9-10-20(27(22)41-4)18-25(29(37)34-14-16-35(17-15-34)31(39)43-6-2)33-28(36)24-19-26(40-3)21-11-7-8-13-23(21)32-24/h7-13,19,25H,5-6,14-18H2,1-4H3,(H,33,36). The maximum absolute atomic E-state index is 13.9. The van der Waals surface area contributed by atoms with E-state index in [0.29, 0.717) is 16.8 Å². The number of amides is 3. The van der Waals surface area contributed by atoms with Gasteiger partial charge in [-0.25, -0.2) is 14.6 Å². The molecule has 228 valence electrons. The normalized spacial score (nSPS) is 13.7. The van der Waals surface area contributed by atoms with Gasteiger partial charge in [0.1, 0.15) is 28.8 Å². The second-order valence-corrected chi connectivity index (χ2v) is 9.69. The van der Waals surface area contributed by atoms with Crippen molar-refractivity contribution in [3.05, 3.63) is 65.4 Å². The lowest BCUT2D eigenvalue weighted by molar-refractivity contribution is -0.134. The maximum Gasteiger partial charge on any atom is 0.409 e. The highest BCUT2D eigenvalue weighted by atomic mass is 16.6. The van der Waals surface area contributed by atoms with Crippen molar-refractivity contribution in [1.82, 2.24) is 20.1 Å². The lowest BCUT2D eigenvalue weighted by Gasteiger charge is -2.36. The molecule has 2 aromatic carbocycles. The molecule has 3 amide bonds. The van der Waals surface area contributed by atoms with Crippen LogP contribution in [-0.2, 0) is 20.7 Å². The molecular weight excluding hydrogens is 556 g/mol. The van der Waals surface area contributed by atoms with Crippen molar-refractivity contribution in [2.75, 3.05) is 53.6 Å². The van der Waals surface area contributed by atoms with E-state index in [-0.39, 0.29) is 68.7 Å². The number of carbonyl (C=O) groups is 4. The molecular formula is C31H36N4O8. The van der Waals surface area contributed by atoms with Crippen molar-refractivity contribution < 1.29 is 38.1 Å². The van der Waals surface area contributed by atoms with Crippen LogP contribution in [-0.4, -0.2) is 98.3 Å². The van der Waals surface area contributed by atoms with Crippen molar-refractivity contribution in [3.8, 4) is 11.5 Å². The summed E-state index contributed by atoms with van der Waals surface area (Å²) in [5.41, 5.74) is 1.38. The number of fused-ring (bicyclic) bond motifs is 1. The number of carbonyl (C=O) groups excluding carboxylic acids is 4. The summed E-state index contributed by atoms with van der Waals surface area (Å²) in [5.74, 6) is -0.764. The van der Waals surface area contributed by atoms with Gasteiger partial charge in [-0.3, -0.25) is 9.59 Å². The SMILES string of the molecule is CCOC(=O)c1cccc(CC(NC(=O)c2cc(OC)c3ccccc3n2)C(=O)N2CCN(C(=O)OCC)CC2)c1OC. The number of hydrogen-bond donors (Lipinski definition) is 1. The summed E-state index contributed by atoms with van der Waals surface area (Å²) in [6, 6.07) is 12.7. The molecule has 0 saturated carbocycles. The van der Waals surface area contributed by atoms with Crippen LogP contribution in [0.15, 0.2) is 48.5 Å². The molecule has 1 unspecified atom stereocenters. The van der Waals surface area contributed by atoms with Crippen LogP contribution in [0.3, 0.4) is 0 Å². The van der Waals surface area contributed by atoms with E-state index in [1.807, 2.05) is 18.2 Å². The molecule has 0 radical (unpaired) electrons. The number of methoxy groups -OCH3 is 2. The predicted octanol–water partition coefficient (Wildman–Crippen LogP) is 3.07. The van der Waals surface area contributed by atoms with Gasteiger partial charge in [-0.1, -0.05) is 24.3 Å². The highest BCUT2D eigenvalue weighted by Crippen LogP contribution is 2.28. The summed E-state index contributed by atoms with van der Waals surface area (Å²) in [5, 5.41) is 3.59. The van der Waals surface area contributed by atoms with Crippen molar-refractivity contribution in [1.29, 1.82) is 0 Å². The molecule has 1 aliphatic rings. The first-order valence-corrected chi connectivity index (χ1v) is 14.1. The van der Waals surface area contributed by atoms with Gasteiger partial charge in [0.2, 0.25) is 5.91 Å². The van der Waals surface area contributed by atoms with Crippen LogP contribution in [0.25, 0.3) is 10.9 Å². The van der Waals surface area contributed by atoms with Crippen molar-refractivity contribution in [2.24, 2.45) is 0 Å². The van der Waals surface area contributed by atoms with Gasteiger partial charge in [0.05, 0.1) is 33.0 Å². The van der Waals surface area contributed by atoms with Crippen LogP contribution >= 0.6 is 0 Å². The molecule has 1 aromatic heterocycles. The molecule has 2 heterocycles.